The Kier molecular flexibility index (Phi) is 3.92. The molecule has 0 radical (unpaired) electrons. The van der Waals surface area contributed by atoms with E-state index in [0.717, 1.165) is 0 Å². The zero-order chi connectivity index (χ0) is 14.8. The van der Waals surface area contributed by atoms with Crippen molar-refractivity contribution in [2.45, 2.75) is 0 Å². The third kappa shape index (κ3) is 3.24. The molecule has 2 aromatic heterocycles. The number of benzene rings is 1. The van der Waals surface area contributed by atoms with Gasteiger partial charge in [0.25, 0.3) is 5.95 Å². The first-order valence-electron chi connectivity index (χ1n) is 5.66. The first-order chi connectivity index (χ1) is 10.1. The Bertz CT molecular complexity index is 779. The quantitative estimate of drug-likeness (QED) is 0.724. The van der Waals surface area contributed by atoms with E-state index in [1.807, 2.05) is 0 Å². The maximum Gasteiger partial charge on any atom is 0.328 e. The van der Waals surface area contributed by atoms with Gasteiger partial charge in [-0.2, -0.15) is 20.1 Å². The highest BCUT2D eigenvalue weighted by Gasteiger charge is 2.10. The summed E-state index contributed by atoms with van der Waals surface area (Å²) in [5.74, 6) is 0.674. The molecule has 0 N–H and O–H groups in total. The molecule has 0 aliphatic carbocycles. The maximum atomic E-state index is 5.92. The average Bonchev–Trinajstić information content (AvgIpc) is 2.96. The fourth-order valence-corrected chi connectivity index (χ4v) is 1.94. The van der Waals surface area contributed by atoms with Gasteiger partial charge in [0.1, 0.15) is 5.75 Å². The summed E-state index contributed by atoms with van der Waals surface area (Å²) in [4.78, 5) is 12.0. The molecule has 0 bridgehead atoms. The summed E-state index contributed by atoms with van der Waals surface area (Å²) in [7, 11) is 0. The number of aromatic nitrogens is 5. The molecule has 0 fully saturated rings. The summed E-state index contributed by atoms with van der Waals surface area (Å²) in [5, 5.41) is 4.79. The lowest BCUT2D eigenvalue weighted by molar-refractivity contribution is 0.437. The second-order valence-corrected chi connectivity index (χ2v) is 4.97. The summed E-state index contributed by atoms with van der Waals surface area (Å²) in [5.41, 5.74) is 0. The van der Waals surface area contributed by atoms with Gasteiger partial charge in [-0.25, -0.2) is 4.68 Å². The number of hydrogen-bond donors (Lipinski definition) is 0. The first kappa shape index (κ1) is 14.1. The predicted molar refractivity (Wildman–Crippen MR) is 78.5 cm³/mol. The van der Waals surface area contributed by atoms with Gasteiger partial charge in [0, 0.05) is 18.5 Å². The van der Waals surface area contributed by atoms with Gasteiger partial charge in [0.2, 0.25) is 5.28 Å². The Morgan fingerprint density at radius 2 is 1.86 bits per heavy atom. The fraction of sp³-hybridized carbons (Fsp3) is 0. The van der Waals surface area contributed by atoms with Crippen LogP contribution in [0.15, 0.2) is 36.7 Å². The summed E-state index contributed by atoms with van der Waals surface area (Å²) < 4.78 is 6.94. The molecule has 0 amide bonds. The van der Waals surface area contributed by atoms with E-state index >= 15 is 0 Å². The van der Waals surface area contributed by atoms with Crippen molar-refractivity contribution in [3.63, 3.8) is 0 Å². The molecular formula is C12H6Cl3N5O. The van der Waals surface area contributed by atoms with Crippen LogP contribution in [0.2, 0.25) is 15.3 Å². The molecule has 2 heterocycles. The second-order valence-electron chi connectivity index (χ2n) is 3.82. The van der Waals surface area contributed by atoms with Gasteiger partial charge in [-0.15, -0.1) is 0 Å². The number of nitrogens with zero attached hydrogens (tertiary/aromatic N) is 5. The molecule has 3 aromatic rings. The SMILES string of the molecule is Clc1nc(Oc2ccc(Cl)c(Cl)c2)nc(-n2cccn2)n1. The van der Waals surface area contributed by atoms with Gasteiger partial charge in [-0.1, -0.05) is 23.2 Å². The van der Waals surface area contributed by atoms with Crippen LogP contribution >= 0.6 is 34.8 Å². The number of rotatable bonds is 3. The number of hydrogen-bond acceptors (Lipinski definition) is 5. The smallest absolute Gasteiger partial charge is 0.328 e. The van der Waals surface area contributed by atoms with Crippen LogP contribution in [0.25, 0.3) is 5.95 Å². The molecule has 0 atom stereocenters. The molecule has 106 valence electrons. The Labute approximate surface area is 134 Å². The normalized spacial score (nSPS) is 10.6. The van der Waals surface area contributed by atoms with Crippen molar-refractivity contribution in [1.82, 2.24) is 24.7 Å². The molecule has 0 aliphatic rings. The van der Waals surface area contributed by atoms with Crippen molar-refractivity contribution >= 4 is 34.8 Å². The monoisotopic (exact) mass is 341 g/mol. The largest absolute Gasteiger partial charge is 0.424 e. The van der Waals surface area contributed by atoms with Crippen molar-refractivity contribution in [3.05, 3.63) is 52.0 Å². The third-order valence-electron chi connectivity index (χ3n) is 2.39. The molecule has 0 saturated carbocycles. The van der Waals surface area contributed by atoms with E-state index in [2.05, 4.69) is 20.1 Å². The highest BCUT2D eigenvalue weighted by molar-refractivity contribution is 6.42. The van der Waals surface area contributed by atoms with Crippen LogP contribution in [-0.4, -0.2) is 24.7 Å². The zero-order valence-electron chi connectivity index (χ0n) is 10.2. The molecule has 0 unspecified atom stereocenters. The molecule has 0 aliphatic heterocycles. The van der Waals surface area contributed by atoms with Gasteiger partial charge in [-0.3, -0.25) is 0 Å². The van der Waals surface area contributed by atoms with E-state index in [1.54, 1.807) is 36.7 Å². The zero-order valence-corrected chi connectivity index (χ0v) is 12.5. The highest BCUT2D eigenvalue weighted by Crippen LogP contribution is 2.28. The molecule has 21 heavy (non-hydrogen) atoms. The van der Waals surface area contributed by atoms with Crippen molar-refractivity contribution in [1.29, 1.82) is 0 Å². The highest BCUT2D eigenvalue weighted by atomic mass is 35.5. The molecule has 0 saturated heterocycles. The van der Waals surface area contributed by atoms with Crippen molar-refractivity contribution in [3.8, 4) is 17.7 Å². The van der Waals surface area contributed by atoms with Gasteiger partial charge < -0.3 is 4.74 Å². The summed E-state index contributed by atoms with van der Waals surface area (Å²) in [6.45, 7) is 0. The van der Waals surface area contributed by atoms with E-state index in [0.29, 0.717) is 15.8 Å². The minimum atomic E-state index is -0.00874. The second kappa shape index (κ2) is 5.85. The third-order valence-corrected chi connectivity index (χ3v) is 3.29. The van der Waals surface area contributed by atoms with Crippen LogP contribution in [-0.2, 0) is 0 Å². The lowest BCUT2D eigenvalue weighted by Crippen LogP contribution is -2.05. The van der Waals surface area contributed by atoms with Gasteiger partial charge in [0.15, 0.2) is 0 Å². The van der Waals surface area contributed by atoms with E-state index < -0.39 is 0 Å². The van der Waals surface area contributed by atoms with Gasteiger partial charge >= 0.3 is 6.01 Å². The lowest BCUT2D eigenvalue weighted by atomic mass is 10.3. The fourth-order valence-electron chi connectivity index (χ4n) is 1.50. The molecule has 6 nitrogen and oxygen atoms in total. The Balaban J connectivity index is 1.93. The summed E-state index contributed by atoms with van der Waals surface area (Å²) in [6, 6.07) is 6.56. The lowest BCUT2D eigenvalue weighted by Gasteiger charge is -2.06. The molecule has 0 spiro atoms. The maximum absolute atomic E-state index is 5.92. The van der Waals surface area contributed by atoms with Crippen LogP contribution in [0.1, 0.15) is 0 Å². The molecule has 1 aromatic carbocycles. The number of ether oxygens (including phenoxy) is 1. The molecule has 3 rings (SSSR count). The minimum absolute atomic E-state index is 0.00874. The van der Waals surface area contributed by atoms with E-state index in [1.165, 1.54) is 4.68 Å². The average molecular weight is 343 g/mol. The van der Waals surface area contributed by atoms with Crippen LogP contribution in [0.4, 0.5) is 0 Å². The van der Waals surface area contributed by atoms with Crippen LogP contribution in [0.3, 0.4) is 0 Å². The van der Waals surface area contributed by atoms with Crippen LogP contribution in [0.5, 0.6) is 11.8 Å². The van der Waals surface area contributed by atoms with Crippen molar-refractivity contribution < 1.29 is 4.74 Å². The first-order valence-corrected chi connectivity index (χ1v) is 6.80. The summed E-state index contributed by atoms with van der Waals surface area (Å²) in [6.07, 6.45) is 3.27. The van der Waals surface area contributed by atoms with E-state index in [9.17, 15) is 0 Å². The van der Waals surface area contributed by atoms with Crippen LogP contribution in [0, 0.1) is 0 Å². The van der Waals surface area contributed by atoms with E-state index in [4.69, 9.17) is 39.5 Å². The Morgan fingerprint density at radius 1 is 1.00 bits per heavy atom. The van der Waals surface area contributed by atoms with Gasteiger partial charge in [-0.05, 0) is 29.8 Å². The van der Waals surface area contributed by atoms with Crippen LogP contribution < -0.4 is 4.74 Å². The number of halogens is 3. The topological polar surface area (TPSA) is 65.7 Å². The standard InChI is InChI=1S/C12H6Cl3N5O/c13-8-3-2-7(6-9(8)14)21-12-18-10(15)17-11(19-12)20-5-1-4-16-20/h1-6H. The summed E-state index contributed by atoms with van der Waals surface area (Å²) >= 11 is 17.6. The van der Waals surface area contributed by atoms with E-state index in [-0.39, 0.29) is 17.2 Å². The Hall–Kier alpha value is -1.89. The van der Waals surface area contributed by atoms with Crippen molar-refractivity contribution in [2.24, 2.45) is 0 Å². The molecule has 9 heteroatoms. The van der Waals surface area contributed by atoms with Gasteiger partial charge in [0.05, 0.1) is 10.0 Å². The minimum Gasteiger partial charge on any atom is -0.424 e. The predicted octanol–water partition coefficient (Wildman–Crippen LogP) is 3.81. The van der Waals surface area contributed by atoms with Crippen molar-refractivity contribution in [2.75, 3.05) is 0 Å². The Morgan fingerprint density at radius 3 is 2.57 bits per heavy atom. The molecular weight excluding hydrogens is 337 g/mol.